The highest BCUT2D eigenvalue weighted by Gasteiger charge is 2.22. The zero-order chi connectivity index (χ0) is 15.8. The fourth-order valence-electron chi connectivity index (χ4n) is 2.36. The number of hydrogen-bond acceptors (Lipinski definition) is 5. The molecule has 2 rings (SSSR count). The lowest BCUT2D eigenvalue weighted by atomic mass is 10.0. The summed E-state index contributed by atoms with van der Waals surface area (Å²) in [5, 5.41) is 0. The highest BCUT2D eigenvalue weighted by molar-refractivity contribution is 6.41. The van der Waals surface area contributed by atoms with Crippen LogP contribution in [0.2, 0.25) is 0 Å². The number of Topliss-reactive ketones (excluding diaryl/α,β-unsaturated/α-hetero) is 1. The van der Waals surface area contributed by atoms with Crippen LogP contribution in [0.15, 0.2) is 24.3 Å². The summed E-state index contributed by atoms with van der Waals surface area (Å²) in [6, 6.07) is 7.24. The molecule has 5 nitrogen and oxygen atoms in total. The molecular weight excluding hydrogens is 282 g/mol. The van der Waals surface area contributed by atoms with E-state index in [0.717, 1.165) is 31.5 Å². The molecule has 0 unspecified atom stereocenters. The molecule has 5 heteroatoms. The summed E-state index contributed by atoms with van der Waals surface area (Å²) < 4.78 is 10.3. The van der Waals surface area contributed by atoms with E-state index >= 15 is 0 Å². The first-order valence-electron chi connectivity index (χ1n) is 7.82. The number of ketones is 1. The first-order valence-corrected chi connectivity index (χ1v) is 7.82. The van der Waals surface area contributed by atoms with Gasteiger partial charge >= 0.3 is 5.97 Å². The van der Waals surface area contributed by atoms with Crippen LogP contribution in [-0.2, 0) is 20.8 Å². The van der Waals surface area contributed by atoms with E-state index in [1.807, 2.05) is 19.1 Å². The lowest BCUT2D eigenvalue weighted by molar-refractivity contribution is -0.138. The quantitative estimate of drug-likeness (QED) is 0.334. The lowest BCUT2D eigenvalue weighted by Crippen LogP contribution is -2.36. The maximum absolute atomic E-state index is 12.3. The Hall–Kier alpha value is -1.72. The fourth-order valence-corrected chi connectivity index (χ4v) is 2.36. The molecule has 0 radical (unpaired) electrons. The maximum atomic E-state index is 12.3. The van der Waals surface area contributed by atoms with Crippen LogP contribution >= 0.6 is 0 Å². The van der Waals surface area contributed by atoms with Gasteiger partial charge in [0, 0.05) is 25.2 Å². The van der Waals surface area contributed by atoms with Gasteiger partial charge in [-0.3, -0.25) is 9.69 Å². The maximum Gasteiger partial charge on any atom is 0.379 e. The molecule has 1 fully saturated rings. The molecule has 0 aromatic heterocycles. The average molecular weight is 305 g/mol. The summed E-state index contributed by atoms with van der Waals surface area (Å²) in [6.45, 7) is 6.03. The van der Waals surface area contributed by atoms with E-state index < -0.39 is 11.8 Å². The van der Waals surface area contributed by atoms with Crippen molar-refractivity contribution in [3.8, 4) is 0 Å². The standard InChI is InChI=1S/C17H23NO4/c1-2-3-10-22-17(20)16(19)15-7-5-4-6-14(15)13-18-8-11-21-12-9-18/h4-7H,2-3,8-13H2,1H3. The highest BCUT2D eigenvalue weighted by atomic mass is 16.5. The van der Waals surface area contributed by atoms with Crippen LogP contribution in [0.3, 0.4) is 0 Å². The van der Waals surface area contributed by atoms with E-state index in [1.54, 1.807) is 12.1 Å². The third-order valence-corrected chi connectivity index (χ3v) is 3.68. The van der Waals surface area contributed by atoms with Crippen molar-refractivity contribution < 1.29 is 19.1 Å². The minimum Gasteiger partial charge on any atom is -0.460 e. The largest absolute Gasteiger partial charge is 0.460 e. The SMILES string of the molecule is CCCCOC(=O)C(=O)c1ccccc1CN1CCOCC1. The average Bonchev–Trinajstić information content (AvgIpc) is 2.56. The molecule has 1 heterocycles. The van der Waals surface area contributed by atoms with Gasteiger partial charge in [0.1, 0.15) is 0 Å². The Kier molecular flexibility index (Phi) is 6.55. The summed E-state index contributed by atoms with van der Waals surface area (Å²) in [5.41, 5.74) is 1.30. The molecular formula is C17H23NO4. The molecule has 0 aliphatic carbocycles. The van der Waals surface area contributed by atoms with E-state index in [2.05, 4.69) is 4.90 Å². The number of rotatable bonds is 7. The molecule has 1 aromatic carbocycles. The molecule has 0 saturated carbocycles. The molecule has 0 amide bonds. The van der Waals surface area contributed by atoms with Gasteiger partial charge in [-0.1, -0.05) is 37.6 Å². The summed E-state index contributed by atoms with van der Waals surface area (Å²) in [4.78, 5) is 26.4. The van der Waals surface area contributed by atoms with Crippen LogP contribution in [0.25, 0.3) is 0 Å². The van der Waals surface area contributed by atoms with Gasteiger partial charge in [-0.25, -0.2) is 4.79 Å². The number of hydrogen-bond donors (Lipinski definition) is 0. The normalized spacial score (nSPS) is 15.5. The molecule has 120 valence electrons. The van der Waals surface area contributed by atoms with Crippen molar-refractivity contribution in [2.24, 2.45) is 0 Å². The fraction of sp³-hybridized carbons (Fsp3) is 0.529. The molecule has 0 atom stereocenters. The zero-order valence-electron chi connectivity index (χ0n) is 13.0. The van der Waals surface area contributed by atoms with Gasteiger partial charge in [-0.15, -0.1) is 0 Å². The zero-order valence-corrected chi connectivity index (χ0v) is 13.0. The summed E-state index contributed by atoms with van der Waals surface area (Å²) in [7, 11) is 0. The van der Waals surface area contributed by atoms with Crippen molar-refractivity contribution in [2.45, 2.75) is 26.3 Å². The molecule has 1 saturated heterocycles. The minimum absolute atomic E-state index is 0.298. The van der Waals surface area contributed by atoms with Crippen LogP contribution in [0.1, 0.15) is 35.7 Å². The van der Waals surface area contributed by atoms with Crippen molar-refractivity contribution >= 4 is 11.8 Å². The predicted octanol–water partition coefficient (Wildman–Crippen LogP) is 2.04. The number of nitrogens with zero attached hydrogens (tertiary/aromatic N) is 1. The molecule has 1 aliphatic heterocycles. The monoisotopic (exact) mass is 305 g/mol. The number of ether oxygens (including phenoxy) is 2. The van der Waals surface area contributed by atoms with Crippen LogP contribution in [-0.4, -0.2) is 49.6 Å². The van der Waals surface area contributed by atoms with E-state index in [9.17, 15) is 9.59 Å². The Bertz CT molecular complexity index is 509. The molecule has 1 aliphatic rings. The number of esters is 1. The van der Waals surface area contributed by atoms with E-state index in [1.165, 1.54) is 0 Å². The Morgan fingerprint density at radius 2 is 1.95 bits per heavy atom. The van der Waals surface area contributed by atoms with Gasteiger partial charge in [0.15, 0.2) is 0 Å². The van der Waals surface area contributed by atoms with E-state index in [4.69, 9.17) is 9.47 Å². The van der Waals surface area contributed by atoms with Gasteiger partial charge in [-0.2, -0.15) is 0 Å². The second-order valence-electron chi connectivity index (χ2n) is 5.36. The van der Waals surface area contributed by atoms with Gasteiger partial charge in [0.05, 0.1) is 19.8 Å². The highest BCUT2D eigenvalue weighted by Crippen LogP contribution is 2.14. The number of carbonyl (C=O) groups is 2. The van der Waals surface area contributed by atoms with Crippen molar-refractivity contribution in [3.05, 3.63) is 35.4 Å². The topological polar surface area (TPSA) is 55.8 Å². The lowest BCUT2D eigenvalue weighted by Gasteiger charge is -2.27. The van der Waals surface area contributed by atoms with Crippen molar-refractivity contribution in [2.75, 3.05) is 32.9 Å². The Morgan fingerprint density at radius 3 is 2.68 bits per heavy atom. The van der Waals surface area contributed by atoms with Crippen LogP contribution in [0, 0.1) is 0 Å². The third-order valence-electron chi connectivity index (χ3n) is 3.68. The first-order chi connectivity index (χ1) is 10.7. The van der Waals surface area contributed by atoms with Crippen LogP contribution in [0.4, 0.5) is 0 Å². The smallest absolute Gasteiger partial charge is 0.379 e. The molecule has 0 N–H and O–H groups in total. The first kappa shape index (κ1) is 16.6. The number of benzene rings is 1. The molecule has 0 spiro atoms. The van der Waals surface area contributed by atoms with Crippen molar-refractivity contribution in [3.63, 3.8) is 0 Å². The summed E-state index contributed by atoms with van der Waals surface area (Å²) >= 11 is 0. The van der Waals surface area contributed by atoms with Crippen LogP contribution < -0.4 is 0 Å². The Morgan fingerprint density at radius 1 is 1.23 bits per heavy atom. The molecule has 22 heavy (non-hydrogen) atoms. The minimum atomic E-state index is -0.761. The Balaban J connectivity index is 2.03. The van der Waals surface area contributed by atoms with Gasteiger partial charge in [0.25, 0.3) is 5.78 Å². The second-order valence-corrected chi connectivity index (χ2v) is 5.36. The number of morpholine rings is 1. The number of unbranched alkanes of at least 4 members (excludes halogenated alkanes) is 1. The van der Waals surface area contributed by atoms with Gasteiger partial charge in [-0.05, 0) is 12.0 Å². The summed E-state index contributed by atoms with van der Waals surface area (Å²) in [6.07, 6.45) is 1.70. The third kappa shape index (κ3) is 4.64. The van der Waals surface area contributed by atoms with Crippen LogP contribution in [0.5, 0.6) is 0 Å². The Labute approximate surface area is 131 Å². The van der Waals surface area contributed by atoms with E-state index in [0.29, 0.717) is 31.9 Å². The molecule has 1 aromatic rings. The summed E-state index contributed by atoms with van der Waals surface area (Å²) in [5.74, 6) is -1.32. The van der Waals surface area contributed by atoms with E-state index in [-0.39, 0.29) is 0 Å². The van der Waals surface area contributed by atoms with Crippen molar-refractivity contribution in [1.29, 1.82) is 0 Å². The van der Waals surface area contributed by atoms with Gasteiger partial charge < -0.3 is 9.47 Å². The predicted molar refractivity (Wildman–Crippen MR) is 82.7 cm³/mol. The second kappa shape index (κ2) is 8.66. The number of carbonyl (C=O) groups excluding carboxylic acids is 2. The van der Waals surface area contributed by atoms with Crippen molar-refractivity contribution in [1.82, 2.24) is 4.90 Å². The van der Waals surface area contributed by atoms with Gasteiger partial charge in [0.2, 0.25) is 0 Å². The molecule has 0 bridgehead atoms.